The van der Waals surface area contributed by atoms with Crippen LogP contribution in [0.4, 0.5) is 11.4 Å². The van der Waals surface area contributed by atoms with Crippen LogP contribution in [0, 0.1) is 0 Å². The standard InChI is InChI=1S/C21H21BrClN3O4S/c1-26(14-6-9-16(28-2)17(12-14)29-3)19-18(22)20(27)24-25-21(19)30-10-11-31-15-7-4-13(23)5-8-15/h4-9,12H,10-11H2,1-3H3,(H,24,27). The van der Waals surface area contributed by atoms with Crippen molar-refractivity contribution in [3.63, 3.8) is 0 Å². The molecule has 7 nitrogen and oxygen atoms in total. The summed E-state index contributed by atoms with van der Waals surface area (Å²) in [5.41, 5.74) is 0.920. The van der Waals surface area contributed by atoms with Gasteiger partial charge in [-0.05, 0) is 52.3 Å². The van der Waals surface area contributed by atoms with Crippen LogP contribution in [-0.4, -0.2) is 43.8 Å². The first kappa shape index (κ1) is 23.3. The minimum Gasteiger partial charge on any atom is -0.493 e. The monoisotopic (exact) mass is 525 g/mol. The Hall–Kier alpha value is -2.36. The number of rotatable bonds is 9. The molecule has 164 valence electrons. The molecule has 0 aliphatic rings. The molecule has 0 fully saturated rings. The van der Waals surface area contributed by atoms with Crippen LogP contribution in [0.15, 0.2) is 56.6 Å². The molecule has 3 rings (SSSR count). The Morgan fingerprint density at radius 1 is 1.13 bits per heavy atom. The van der Waals surface area contributed by atoms with Gasteiger partial charge in [-0.2, -0.15) is 0 Å². The number of nitrogens with zero attached hydrogens (tertiary/aromatic N) is 2. The van der Waals surface area contributed by atoms with E-state index in [2.05, 4.69) is 26.1 Å². The van der Waals surface area contributed by atoms with Gasteiger partial charge in [-0.1, -0.05) is 11.6 Å². The Labute approximate surface area is 197 Å². The molecule has 0 saturated carbocycles. The van der Waals surface area contributed by atoms with E-state index >= 15 is 0 Å². The van der Waals surface area contributed by atoms with Gasteiger partial charge in [0.1, 0.15) is 10.2 Å². The van der Waals surface area contributed by atoms with Gasteiger partial charge < -0.3 is 19.1 Å². The molecule has 10 heteroatoms. The van der Waals surface area contributed by atoms with Gasteiger partial charge in [0.2, 0.25) is 0 Å². The van der Waals surface area contributed by atoms with E-state index in [4.69, 9.17) is 25.8 Å². The van der Waals surface area contributed by atoms with Crippen LogP contribution in [-0.2, 0) is 0 Å². The molecule has 0 saturated heterocycles. The maximum atomic E-state index is 12.2. The third-order valence-electron chi connectivity index (χ3n) is 4.36. The maximum Gasteiger partial charge on any atom is 0.280 e. The Morgan fingerprint density at radius 2 is 1.84 bits per heavy atom. The van der Waals surface area contributed by atoms with Crippen molar-refractivity contribution in [2.45, 2.75) is 4.90 Å². The lowest BCUT2D eigenvalue weighted by Gasteiger charge is -2.23. The van der Waals surface area contributed by atoms with Gasteiger partial charge in [-0.25, -0.2) is 5.10 Å². The first-order valence-electron chi connectivity index (χ1n) is 9.19. The van der Waals surface area contributed by atoms with Crippen LogP contribution < -0.4 is 24.7 Å². The highest BCUT2D eigenvalue weighted by atomic mass is 79.9. The molecule has 0 radical (unpaired) electrons. The zero-order valence-corrected chi connectivity index (χ0v) is 20.3. The highest BCUT2D eigenvalue weighted by Gasteiger charge is 2.20. The highest BCUT2D eigenvalue weighted by molar-refractivity contribution is 9.10. The lowest BCUT2D eigenvalue weighted by Crippen LogP contribution is -2.20. The number of H-pyrrole nitrogens is 1. The van der Waals surface area contributed by atoms with Crippen molar-refractivity contribution in [1.82, 2.24) is 10.2 Å². The van der Waals surface area contributed by atoms with Crippen molar-refractivity contribution in [2.24, 2.45) is 0 Å². The molecule has 3 aromatic rings. The molecule has 0 aliphatic carbocycles. The normalized spacial score (nSPS) is 10.6. The second-order valence-electron chi connectivity index (χ2n) is 6.27. The summed E-state index contributed by atoms with van der Waals surface area (Å²) in [6.45, 7) is 0.394. The SMILES string of the molecule is COc1ccc(N(C)c2c(OCCSc3ccc(Cl)cc3)n[nH]c(=O)c2Br)cc1OC. The fourth-order valence-corrected chi connectivity index (χ4v) is 4.17. The Kier molecular flexibility index (Phi) is 8.11. The van der Waals surface area contributed by atoms with Gasteiger partial charge in [-0.15, -0.1) is 16.9 Å². The average molecular weight is 527 g/mol. The molecule has 0 amide bonds. The van der Waals surface area contributed by atoms with Crippen molar-refractivity contribution < 1.29 is 14.2 Å². The van der Waals surface area contributed by atoms with Crippen molar-refractivity contribution in [3.05, 3.63) is 62.3 Å². The maximum absolute atomic E-state index is 12.2. The molecule has 0 aliphatic heterocycles. The number of aromatic nitrogens is 2. The molecular formula is C21H21BrClN3O4S. The van der Waals surface area contributed by atoms with Crippen molar-refractivity contribution >= 4 is 50.7 Å². The highest BCUT2D eigenvalue weighted by Crippen LogP contribution is 2.38. The van der Waals surface area contributed by atoms with Crippen LogP contribution in [0.3, 0.4) is 0 Å². The number of halogens is 2. The molecular weight excluding hydrogens is 506 g/mol. The summed E-state index contributed by atoms with van der Waals surface area (Å²) >= 11 is 10.9. The van der Waals surface area contributed by atoms with Crippen LogP contribution >= 0.6 is 39.3 Å². The van der Waals surface area contributed by atoms with Gasteiger partial charge in [0, 0.05) is 34.5 Å². The summed E-state index contributed by atoms with van der Waals surface area (Å²) in [6.07, 6.45) is 0. The molecule has 1 aromatic heterocycles. The van der Waals surface area contributed by atoms with Crippen molar-refractivity contribution in [2.75, 3.05) is 38.5 Å². The van der Waals surface area contributed by atoms with Crippen molar-refractivity contribution in [3.8, 4) is 17.4 Å². The van der Waals surface area contributed by atoms with E-state index in [0.717, 1.165) is 10.6 Å². The third-order valence-corrected chi connectivity index (χ3v) is 6.33. The number of nitrogens with one attached hydrogen (secondary N) is 1. The first-order valence-corrected chi connectivity index (χ1v) is 11.4. The van der Waals surface area contributed by atoms with Gasteiger partial charge in [0.15, 0.2) is 11.5 Å². The predicted octanol–water partition coefficient (Wildman–Crippen LogP) is 5.14. The lowest BCUT2D eigenvalue weighted by atomic mass is 10.2. The number of benzene rings is 2. The van der Waals surface area contributed by atoms with E-state index in [1.807, 2.05) is 43.4 Å². The summed E-state index contributed by atoms with van der Waals surface area (Å²) < 4.78 is 16.9. The number of hydrogen-bond acceptors (Lipinski definition) is 7. The van der Waals surface area contributed by atoms with Gasteiger partial charge in [0.05, 0.1) is 20.8 Å². The number of thioether (sulfide) groups is 1. The minimum atomic E-state index is -0.356. The molecule has 0 atom stereocenters. The number of hydrogen-bond donors (Lipinski definition) is 1. The minimum absolute atomic E-state index is 0.306. The van der Waals surface area contributed by atoms with Crippen LogP contribution in [0.25, 0.3) is 0 Å². The topological polar surface area (TPSA) is 76.7 Å². The molecule has 0 bridgehead atoms. The summed E-state index contributed by atoms with van der Waals surface area (Å²) in [6, 6.07) is 13.1. The zero-order valence-electron chi connectivity index (χ0n) is 17.1. The molecule has 1 N–H and O–H groups in total. The van der Waals surface area contributed by atoms with E-state index in [-0.39, 0.29) is 5.56 Å². The van der Waals surface area contributed by atoms with Gasteiger partial charge in [-0.3, -0.25) is 4.79 Å². The molecule has 1 heterocycles. The third kappa shape index (κ3) is 5.66. The summed E-state index contributed by atoms with van der Waals surface area (Å²) in [4.78, 5) is 15.1. The zero-order chi connectivity index (χ0) is 22.4. The summed E-state index contributed by atoms with van der Waals surface area (Å²) in [5.74, 6) is 2.18. The Balaban J connectivity index is 1.79. The quantitative estimate of drug-likeness (QED) is 0.305. The van der Waals surface area contributed by atoms with E-state index in [0.29, 0.717) is 44.9 Å². The number of anilines is 2. The molecule has 0 spiro atoms. The molecule has 2 aromatic carbocycles. The van der Waals surface area contributed by atoms with Gasteiger partial charge in [0.25, 0.3) is 11.4 Å². The average Bonchev–Trinajstić information content (AvgIpc) is 2.79. The van der Waals surface area contributed by atoms with E-state index in [1.165, 1.54) is 0 Å². The molecule has 31 heavy (non-hydrogen) atoms. The second-order valence-corrected chi connectivity index (χ2v) is 8.67. The Morgan fingerprint density at radius 3 is 2.52 bits per heavy atom. The fourth-order valence-electron chi connectivity index (χ4n) is 2.79. The largest absolute Gasteiger partial charge is 0.493 e. The van der Waals surface area contributed by atoms with E-state index < -0.39 is 0 Å². The number of ether oxygens (including phenoxy) is 3. The summed E-state index contributed by atoms with van der Waals surface area (Å²) in [7, 11) is 4.96. The fraction of sp³-hybridized carbons (Fsp3) is 0.238. The lowest BCUT2D eigenvalue weighted by molar-refractivity contribution is 0.326. The smallest absolute Gasteiger partial charge is 0.280 e. The second kappa shape index (κ2) is 10.8. The van der Waals surface area contributed by atoms with Crippen LogP contribution in [0.2, 0.25) is 5.02 Å². The molecule has 0 unspecified atom stereocenters. The summed E-state index contributed by atoms with van der Waals surface area (Å²) in [5, 5.41) is 7.25. The van der Waals surface area contributed by atoms with E-state index in [1.54, 1.807) is 36.9 Å². The Bertz CT molecular complexity index is 1090. The number of aromatic amines is 1. The van der Waals surface area contributed by atoms with Crippen LogP contribution in [0.5, 0.6) is 17.4 Å². The van der Waals surface area contributed by atoms with E-state index in [9.17, 15) is 4.79 Å². The van der Waals surface area contributed by atoms with Gasteiger partial charge >= 0.3 is 0 Å². The number of methoxy groups -OCH3 is 2. The predicted molar refractivity (Wildman–Crippen MR) is 128 cm³/mol. The first-order chi connectivity index (χ1) is 14.9. The van der Waals surface area contributed by atoms with Crippen LogP contribution in [0.1, 0.15) is 0 Å². The van der Waals surface area contributed by atoms with Crippen molar-refractivity contribution in [1.29, 1.82) is 0 Å².